The molecule has 0 aliphatic heterocycles. The van der Waals surface area contributed by atoms with Gasteiger partial charge in [0.05, 0.1) is 0 Å². The van der Waals surface area contributed by atoms with Crippen LogP contribution in [-0.2, 0) is 27.7 Å². The van der Waals surface area contributed by atoms with Crippen molar-refractivity contribution in [3.63, 3.8) is 0 Å². The Kier molecular flexibility index (Phi) is 0.776. The third-order valence-corrected chi connectivity index (χ3v) is 0. The van der Waals surface area contributed by atoms with E-state index in [-0.39, 0.29) is 0 Å². The Labute approximate surface area is 28.6 Å². The topological polar surface area (TPSA) is 68.3 Å². The van der Waals surface area contributed by atoms with Gasteiger partial charge in [-0.05, 0) is 0 Å². The quantitative estimate of drug-likeness (QED) is 0.407. The monoisotopic (exact) mass is 122 g/mol. The van der Waals surface area contributed by atoms with E-state index in [0.29, 0.717) is 0 Å². The second kappa shape index (κ2) is 0.827. The molecular weight excluding hydrogens is 123 g/mol. The molecule has 0 aromatic heterocycles. The first-order valence-corrected chi connectivity index (χ1v) is 2.13. The van der Waals surface area contributed by atoms with Gasteiger partial charge >= 0.3 is 27.7 Å². The average molecular weight is 123 g/mol. The van der Waals surface area contributed by atoms with Crippen LogP contribution in [-0.4, -0.2) is 0 Å². The number of hydrogen-bond donors (Lipinski definition) is 0. The van der Waals surface area contributed by atoms with E-state index in [0.717, 1.165) is 0 Å². The summed E-state index contributed by atoms with van der Waals surface area (Å²) in [6.07, 6.45) is 0. The molecule has 0 amide bonds. The van der Waals surface area contributed by atoms with Crippen molar-refractivity contribution >= 4 is 0 Å². The maximum atomic E-state index is 8.53. The van der Waals surface area contributed by atoms with E-state index in [1.165, 1.54) is 0 Å². The summed E-state index contributed by atoms with van der Waals surface area (Å²) in [5.74, 6) is 0. The molecule has 4 nitrogen and oxygen atoms in total. The van der Waals surface area contributed by atoms with Crippen LogP contribution in [0.15, 0.2) is 0 Å². The zero-order chi connectivity index (χ0) is 4.50. The summed E-state index contributed by atoms with van der Waals surface area (Å²) in [4.78, 5) is 0. The molecule has 0 saturated heterocycles. The van der Waals surface area contributed by atoms with Gasteiger partial charge in [0, 0.05) is 0 Å². The predicted octanol–water partition coefficient (Wildman–Crippen LogP) is -0.478. The Morgan fingerprint density at radius 3 is 0.800 bits per heavy atom. The zero-order valence-electron chi connectivity index (χ0n) is 1.95. The van der Waals surface area contributed by atoms with E-state index in [1.807, 2.05) is 0 Å². The summed E-state index contributed by atoms with van der Waals surface area (Å²) in [6, 6.07) is 0. The van der Waals surface area contributed by atoms with Gasteiger partial charge in [-0.25, -0.2) is 0 Å². The van der Waals surface area contributed by atoms with Crippen molar-refractivity contribution in [1.29, 1.82) is 0 Å². The Hall–Kier alpha value is -0.306. The number of rotatable bonds is 0. The van der Waals surface area contributed by atoms with Gasteiger partial charge in [0.1, 0.15) is 0 Å². The van der Waals surface area contributed by atoms with E-state index < -0.39 is 12.1 Å². The Bertz CT molecular complexity index is 155. The van der Waals surface area contributed by atoms with Crippen LogP contribution >= 0.6 is 0 Å². The number of hydrogen-bond acceptors (Lipinski definition) is 4. The predicted molar refractivity (Wildman–Crippen MR) is 2.75 cm³/mol. The van der Waals surface area contributed by atoms with Gasteiger partial charge in [0.25, 0.3) is 0 Å². The van der Waals surface area contributed by atoms with Crippen LogP contribution in [0.5, 0.6) is 0 Å². The summed E-state index contributed by atoms with van der Waals surface area (Å²) in [6.45, 7) is 0. The first kappa shape index (κ1) is 4.69. The standard InChI is InChI=1S/Ni.4O. The Balaban J connectivity index is 6.05. The molecule has 0 bridgehead atoms. The van der Waals surface area contributed by atoms with E-state index in [9.17, 15) is 0 Å². The molecule has 0 unspecified atom stereocenters. The average Bonchev–Trinajstić information content (AvgIpc) is 0.722. The van der Waals surface area contributed by atoms with Crippen LogP contribution in [0.25, 0.3) is 0 Å². The van der Waals surface area contributed by atoms with Crippen LogP contribution in [0.4, 0.5) is 0 Å². The van der Waals surface area contributed by atoms with Crippen molar-refractivity contribution in [1.82, 2.24) is 0 Å². The van der Waals surface area contributed by atoms with Crippen molar-refractivity contribution in [2.45, 2.75) is 0 Å². The molecule has 0 N–H and O–H groups in total. The first-order chi connectivity index (χ1) is 2.00. The third kappa shape index (κ3) is 113. The van der Waals surface area contributed by atoms with Crippen LogP contribution in [0.3, 0.4) is 0 Å². The minimum absolute atomic E-state index is 5.25. The SMILES string of the molecule is [O]=[Ni](=[O])(=[O])=[O]. The fourth-order valence-electron chi connectivity index (χ4n) is 0. The zero-order valence-corrected chi connectivity index (χ0v) is 2.94. The molecule has 0 rings (SSSR count). The molecule has 0 spiro atoms. The van der Waals surface area contributed by atoms with E-state index in [2.05, 4.69) is 0 Å². The molecule has 0 aliphatic carbocycles. The molecule has 0 aliphatic rings. The van der Waals surface area contributed by atoms with Crippen molar-refractivity contribution < 1.29 is 27.7 Å². The second-order valence-corrected chi connectivity index (χ2v) is 1.30. The van der Waals surface area contributed by atoms with Gasteiger partial charge in [-0.1, -0.05) is 0 Å². The molecular formula is NiO4. The summed E-state index contributed by atoms with van der Waals surface area (Å²) in [5, 5.41) is 0. The van der Waals surface area contributed by atoms with E-state index in [1.54, 1.807) is 0 Å². The summed E-state index contributed by atoms with van der Waals surface area (Å²) >= 11 is -5.25. The van der Waals surface area contributed by atoms with E-state index in [4.69, 9.17) is 15.6 Å². The molecule has 5 heavy (non-hydrogen) atoms. The molecule has 34 valence electrons. The Morgan fingerprint density at radius 1 is 0.800 bits per heavy atom. The minimum atomic E-state index is -5.25. The van der Waals surface area contributed by atoms with Gasteiger partial charge < -0.3 is 0 Å². The fourth-order valence-corrected chi connectivity index (χ4v) is 0. The van der Waals surface area contributed by atoms with Crippen molar-refractivity contribution in [3.8, 4) is 0 Å². The third-order valence-electron chi connectivity index (χ3n) is 0. The Morgan fingerprint density at radius 2 is 0.800 bits per heavy atom. The van der Waals surface area contributed by atoms with Crippen LogP contribution in [0, 0.1) is 0 Å². The fraction of sp³-hybridized carbons (Fsp3) is 0. The van der Waals surface area contributed by atoms with Gasteiger partial charge in [-0.3, -0.25) is 0 Å². The van der Waals surface area contributed by atoms with Crippen molar-refractivity contribution in [3.05, 3.63) is 0 Å². The molecule has 0 fully saturated rings. The molecule has 0 atom stereocenters. The van der Waals surface area contributed by atoms with E-state index >= 15 is 0 Å². The second-order valence-electron chi connectivity index (χ2n) is 0.316. The van der Waals surface area contributed by atoms with Crippen molar-refractivity contribution in [2.75, 3.05) is 0 Å². The molecule has 0 heterocycles. The molecule has 0 aromatic rings. The van der Waals surface area contributed by atoms with Crippen LogP contribution in [0.2, 0.25) is 0 Å². The molecule has 0 aromatic carbocycles. The summed E-state index contributed by atoms with van der Waals surface area (Å²) in [5.41, 5.74) is 0. The van der Waals surface area contributed by atoms with Gasteiger partial charge in [-0.15, -0.1) is 0 Å². The summed E-state index contributed by atoms with van der Waals surface area (Å²) in [7, 11) is 0. The van der Waals surface area contributed by atoms with Crippen LogP contribution < -0.4 is 0 Å². The van der Waals surface area contributed by atoms with Gasteiger partial charge in [0.2, 0.25) is 0 Å². The molecule has 0 saturated carbocycles. The molecule has 5 heteroatoms. The normalized spacial score (nSPS) is 14.4. The first-order valence-electron chi connectivity index (χ1n) is 0.516. The molecule has 0 radical (unpaired) electrons. The maximum absolute atomic E-state index is 8.53. The summed E-state index contributed by atoms with van der Waals surface area (Å²) < 4.78 is 34.1. The van der Waals surface area contributed by atoms with Gasteiger partial charge in [0.15, 0.2) is 0 Å². The van der Waals surface area contributed by atoms with Crippen LogP contribution in [0.1, 0.15) is 0 Å². The van der Waals surface area contributed by atoms with Crippen molar-refractivity contribution in [2.24, 2.45) is 0 Å². The van der Waals surface area contributed by atoms with Gasteiger partial charge in [-0.2, -0.15) is 0 Å².